The molecule has 0 radical (unpaired) electrons. The van der Waals surface area contributed by atoms with Crippen molar-refractivity contribution in [1.82, 2.24) is 14.4 Å². The summed E-state index contributed by atoms with van der Waals surface area (Å²) in [6, 6.07) is 0. The minimum Gasteiger partial charge on any atom is -0.478 e. The summed E-state index contributed by atoms with van der Waals surface area (Å²) in [5, 5.41) is 0. The topological polar surface area (TPSA) is 65.7 Å². The van der Waals surface area contributed by atoms with Crippen LogP contribution >= 0.6 is 15.9 Å². The van der Waals surface area contributed by atoms with Crippen molar-refractivity contribution in [2.24, 2.45) is 0 Å². The number of hydrogen-bond acceptors (Lipinski definition) is 5. The molecule has 0 aliphatic heterocycles. The fourth-order valence-electron chi connectivity index (χ4n) is 1.40. The van der Waals surface area contributed by atoms with Crippen molar-refractivity contribution in [3.8, 4) is 5.88 Å². The number of ether oxygens (including phenoxy) is 2. The molecule has 2 aromatic heterocycles. The van der Waals surface area contributed by atoms with Gasteiger partial charge in [-0.1, -0.05) is 0 Å². The highest BCUT2D eigenvalue weighted by atomic mass is 79.9. The van der Waals surface area contributed by atoms with Crippen LogP contribution in [0.3, 0.4) is 0 Å². The SMILES string of the molecule is CCOC(=O)c1nc2c(OC)nccn2c1Br. The lowest BCUT2D eigenvalue weighted by molar-refractivity contribution is 0.0519. The van der Waals surface area contributed by atoms with E-state index in [0.717, 1.165) is 0 Å². The van der Waals surface area contributed by atoms with Crippen molar-refractivity contribution in [2.75, 3.05) is 13.7 Å². The summed E-state index contributed by atoms with van der Waals surface area (Å²) in [5.41, 5.74) is 0.670. The van der Waals surface area contributed by atoms with E-state index in [4.69, 9.17) is 9.47 Å². The molecule has 0 bridgehead atoms. The fourth-order valence-corrected chi connectivity index (χ4v) is 1.94. The Balaban J connectivity index is 2.60. The Kier molecular flexibility index (Phi) is 3.28. The molecule has 0 aromatic carbocycles. The maximum Gasteiger partial charge on any atom is 0.359 e. The normalized spacial score (nSPS) is 10.5. The molecule has 0 aliphatic rings. The third-order valence-electron chi connectivity index (χ3n) is 2.11. The Labute approximate surface area is 106 Å². The molecule has 0 spiro atoms. The average molecular weight is 300 g/mol. The highest BCUT2D eigenvalue weighted by Crippen LogP contribution is 2.24. The van der Waals surface area contributed by atoms with Gasteiger partial charge >= 0.3 is 5.97 Å². The quantitative estimate of drug-likeness (QED) is 0.807. The Morgan fingerprint density at radius 1 is 1.59 bits per heavy atom. The number of methoxy groups -OCH3 is 1. The molecule has 2 heterocycles. The van der Waals surface area contributed by atoms with Crippen LogP contribution in [0.4, 0.5) is 0 Å². The Bertz CT molecular complexity index is 567. The number of imidazole rings is 1. The molecule has 0 saturated carbocycles. The van der Waals surface area contributed by atoms with Crippen LogP contribution in [0, 0.1) is 0 Å². The zero-order chi connectivity index (χ0) is 12.4. The number of rotatable bonds is 3. The van der Waals surface area contributed by atoms with Crippen molar-refractivity contribution < 1.29 is 14.3 Å². The third-order valence-corrected chi connectivity index (χ3v) is 2.87. The minimum absolute atomic E-state index is 0.207. The maximum absolute atomic E-state index is 11.6. The first kappa shape index (κ1) is 11.8. The van der Waals surface area contributed by atoms with Crippen molar-refractivity contribution in [3.63, 3.8) is 0 Å². The van der Waals surface area contributed by atoms with Crippen molar-refractivity contribution in [3.05, 3.63) is 22.7 Å². The van der Waals surface area contributed by atoms with E-state index in [1.165, 1.54) is 7.11 Å². The highest BCUT2D eigenvalue weighted by molar-refractivity contribution is 9.10. The van der Waals surface area contributed by atoms with Crippen molar-refractivity contribution in [2.45, 2.75) is 6.92 Å². The Morgan fingerprint density at radius 2 is 2.35 bits per heavy atom. The van der Waals surface area contributed by atoms with E-state index in [1.54, 1.807) is 23.7 Å². The molecule has 0 unspecified atom stereocenters. The van der Waals surface area contributed by atoms with Gasteiger partial charge in [0.25, 0.3) is 5.88 Å². The van der Waals surface area contributed by atoms with Crippen LogP contribution in [-0.2, 0) is 4.74 Å². The molecule has 7 heteroatoms. The molecule has 0 amide bonds. The van der Waals surface area contributed by atoms with E-state index in [1.807, 2.05) is 0 Å². The van der Waals surface area contributed by atoms with Crippen LogP contribution in [0.25, 0.3) is 5.65 Å². The number of hydrogen-bond donors (Lipinski definition) is 0. The molecule has 2 rings (SSSR count). The third kappa shape index (κ3) is 1.97. The van der Waals surface area contributed by atoms with Gasteiger partial charge in [-0.15, -0.1) is 0 Å². The molecular weight excluding hydrogens is 290 g/mol. The zero-order valence-corrected chi connectivity index (χ0v) is 10.9. The summed E-state index contributed by atoms with van der Waals surface area (Å²) in [5.74, 6) is -0.131. The van der Waals surface area contributed by atoms with Gasteiger partial charge in [-0.25, -0.2) is 14.8 Å². The number of carbonyl (C=O) groups excluding carboxylic acids is 1. The van der Waals surface area contributed by atoms with Gasteiger partial charge in [-0.3, -0.25) is 4.40 Å². The number of carbonyl (C=O) groups is 1. The largest absolute Gasteiger partial charge is 0.478 e. The van der Waals surface area contributed by atoms with Gasteiger partial charge in [0, 0.05) is 12.4 Å². The summed E-state index contributed by atoms with van der Waals surface area (Å²) < 4.78 is 12.2. The lowest BCUT2D eigenvalue weighted by atomic mass is 10.5. The molecule has 0 atom stereocenters. The fraction of sp³-hybridized carbons (Fsp3) is 0.300. The summed E-state index contributed by atoms with van der Waals surface area (Å²) in [6.45, 7) is 2.04. The summed E-state index contributed by atoms with van der Waals surface area (Å²) in [6.07, 6.45) is 3.24. The molecule has 17 heavy (non-hydrogen) atoms. The zero-order valence-electron chi connectivity index (χ0n) is 9.31. The van der Waals surface area contributed by atoms with Crippen LogP contribution in [0.1, 0.15) is 17.4 Å². The molecular formula is C10H10BrN3O3. The maximum atomic E-state index is 11.6. The van der Waals surface area contributed by atoms with Crippen LogP contribution in [0.15, 0.2) is 17.0 Å². The monoisotopic (exact) mass is 299 g/mol. The van der Waals surface area contributed by atoms with Gasteiger partial charge in [0.2, 0.25) is 5.65 Å². The van der Waals surface area contributed by atoms with E-state index in [-0.39, 0.29) is 5.69 Å². The first-order chi connectivity index (χ1) is 8.19. The van der Waals surface area contributed by atoms with E-state index in [0.29, 0.717) is 22.7 Å². The van der Waals surface area contributed by atoms with Gasteiger partial charge in [-0.05, 0) is 22.9 Å². The average Bonchev–Trinajstić information content (AvgIpc) is 2.67. The molecule has 2 aromatic rings. The summed E-state index contributed by atoms with van der Waals surface area (Å²) in [4.78, 5) is 19.8. The predicted octanol–water partition coefficient (Wildman–Crippen LogP) is 1.68. The standard InChI is InChI=1S/C10H10BrN3O3/c1-3-17-10(15)6-7(11)14-5-4-12-9(16-2)8(14)13-6/h4-5H,3H2,1-2H3. The minimum atomic E-state index is -0.481. The van der Waals surface area contributed by atoms with E-state index in [9.17, 15) is 4.79 Å². The van der Waals surface area contributed by atoms with Crippen LogP contribution < -0.4 is 4.74 Å². The van der Waals surface area contributed by atoms with Gasteiger partial charge < -0.3 is 9.47 Å². The number of halogens is 1. The second-order valence-corrected chi connectivity index (χ2v) is 3.85. The van der Waals surface area contributed by atoms with Crippen molar-refractivity contribution >= 4 is 27.5 Å². The lowest BCUT2D eigenvalue weighted by Gasteiger charge is -1.99. The molecule has 6 nitrogen and oxygen atoms in total. The van der Waals surface area contributed by atoms with Crippen molar-refractivity contribution in [1.29, 1.82) is 0 Å². The van der Waals surface area contributed by atoms with Crippen LogP contribution in [-0.4, -0.2) is 34.1 Å². The number of aromatic nitrogens is 3. The van der Waals surface area contributed by atoms with Gasteiger partial charge in [0.15, 0.2) is 5.69 Å². The Morgan fingerprint density at radius 3 is 3.00 bits per heavy atom. The first-order valence-corrected chi connectivity index (χ1v) is 5.72. The van der Waals surface area contributed by atoms with Crippen LogP contribution in [0.2, 0.25) is 0 Å². The highest BCUT2D eigenvalue weighted by Gasteiger charge is 2.20. The van der Waals surface area contributed by atoms with E-state index in [2.05, 4.69) is 25.9 Å². The smallest absolute Gasteiger partial charge is 0.359 e. The second-order valence-electron chi connectivity index (χ2n) is 3.10. The van der Waals surface area contributed by atoms with Gasteiger partial charge in [0.05, 0.1) is 13.7 Å². The molecule has 90 valence electrons. The van der Waals surface area contributed by atoms with Crippen LogP contribution in [0.5, 0.6) is 5.88 Å². The molecule has 0 fully saturated rings. The predicted molar refractivity (Wildman–Crippen MR) is 63.2 cm³/mol. The van der Waals surface area contributed by atoms with E-state index >= 15 is 0 Å². The second kappa shape index (κ2) is 4.70. The molecule has 0 N–H and O–H groups in total. The molecule has 0 aliphatic carbocycles. The first-order valence-electron chi connectivity index (χ1n) is 4.92. The Hall–Kier alpha value is -1.63. The molecule has 0 saturated heterocycles. The van der Waals surface area contributed by atoms with E-state index < -0.39 is 5.97 Å². The number of esters is 1. The summed E-state index contributed by atoms with van der Waals surface area (Å²) in [7, 11) is 1.49. The number of nitrogens with zero attached hydrogens (tertiary/aromatic N) is 3. The van der Waals surface area contributed by atoms with Gasteiger partial charge in [-0.2, -0.15) is 0 Å². The number of fused-ring (bicyclic) bond motifs is 1. The van der Waals surface area contributed by atoms with Gasteiger partial charge in [0.1, 0.15) is 4.60 Å². The lowest BCUT2D eigenvalue weighted by Crippen LogP contribution is -2.05. The summed E-state index contributed by atoms with van der Waals surface area (Å²) >= 11 is 3.30.